The van der Waals surface area contributed by atoms with Crippen LogP contribution in [0.15, 0.2) is 36.4 Å². The summed E-state index contributed by atoms with van der Waals surface area (Å²) in [5, 5.41) is 13.9. The van der Waals surface area contributed by atoms with E-state index >= 15 is 0 Å². The van der Waals surface area contributed by atoms with Crippen LogP contribution in [0.3, 0.4) is 0 Å². The van der Waals surface area contributed by atoms with Gasteiger partial charge in [-0.3, -0.25) is 19.7 Å². The highest BCUT2D eigenvalue weighted by Crippen LogP contribution is 2.26. The Balaban J connectivity index is 1.56. The Morgan fingerprint density at radius 2 is 1.80 bits per heavy atom. The van der Waals surface area contributed by atoms with Gasteiger partial charge < -0.3 is 20.9 Å². The Morgan fingerprint density at radius 3 is 2.40 bits per heavy atom. The molecule has 0 unspecified atom stereocenters. The largest absolute Gasteiger partial charge is 0.393 e. The monoisotopic (exact) mass is 435 g/mol. The van der Waals surface area contributed by atoms with Crippen LogP contribution in [0, 0.1) is 15.9 Å². The first-order valence-corrected chi connectivity index (χ1v) is 9.44. The van der Waals surface area contributed by atoms with Crippen molar-refractivity contribution in [3.63, 3.8) is 0 Å². The number of carbonyl (C=O) groups is 2. The molecule has 0 spiro atoms. The maximum absolute atomic E-state index is 13.6. The number of halogens is 2. The summed E-state index contributed by atoms with van der Waals surface area (Å²) in [6.07, 6.45) is 0. The molecule has 158 valence electrons. The molecule has 2 aromatic rings. The third kappa shape index (κ3) is 4.77. The van der Waals surface area contributed by atoms with Gasteiger partial charge in [0.2, 0.25) is 5.91 Å². The predicted molar refractivity (Wildman–Crippen MR) is 110 cm³/mol. The summed E-state index contributed by atoms with van der Waals surface area (Å²) in [5.41, 5.74) is 5.06. The average Bonchev–Trinajstić information content (AvgIpc) is 2.73. The Kier molecular flexibility index (Phi) is 6.36. The second-order valence-electron chi connectivity index (χ2n) is 6.67. The fourth-order valence-electron chi connectivity index (χ4n) is 3.17. The van der Waals surface area contributed by atoms with Gasteiger partial charge in [-0.05, 0) is 30.3 Å². The number of nitrogens with one attached hydrogen (secondary N) is 1. The summed E-state index contributed by atoms with van der Waals surface area (Å²) in [6, 6.07) is 8.84. The molecule has 0 aromatic heterocycles. The molecule has 1 saturated heterocycles. The van der Waals surface area contributed by atoms with Gasteiger partial charge in [0.25, 0.3) is 11.6 Å². The van der Waals surface area contributed by atoms with Gasteiger partial charge in [0.15, 0.2) is 0 Å². The fourth-order valence-corrected chi connectivity index (χ4v) is 3.30. The number of nitro benzene ring substituents is 1. The number of rotatable bonds is 5. The van der Waals surface area contributed by atoms with Crippen molar-refractivity contribution in [2.24, 2.45) is 0 Å². The van der Waals surface area contributed by atoms with Gasteiger partial charge in [0.1, 0.15) is 11.5 Å². The number of benzene rings is 2. The molecule has 1 heterocycles. The number of anilines is 2. The van der Waals surface area contributed by atoms with Gasteiger partial charge in [-0.15, -0.1) is 0 Å². The standard InChI is InChI=1S/C19H19ClFN5O4/c20-12-1-3-14(4-2-12)24-5-7-25(8-6-24)17(27)11-23-19(28)15-9-13(21)10-16(18(15)22)26(29)30/h1-4,9-10H,5-8,11,22H2,(H,23,28). The van der Waals surface area contributed by atoms with Crippen LogP contribution in [0.25, 0.3) is 0 Å². The Hall–Kier alpha value is -3.40. The van der Waals surface area contributed by atoms with Crippen LogP contribution in [0.2, 0.25) is 5.02 Å². The molecule has 2 aromatic carbocycles. The number of nitro groups is 1. The zero-order chi connectivity index (χ0) is 21.8. The van der Waals surface area contributed by atoms with E-state index in [1.54, 1.807) is 17.0 Å². The summed E-state index contributed by atoms with van der Waals surface area (Å²) in [7, 11) is 0. The van der Waals surface area contributed by atoms with Gasteiger partial charge >= 0.3 is 0 Å². The molecule has 0 radical (unpaired) electrons. The number of carbonyl (C=O) groups excluding carboxylic acids is 2. The van der Waals surface area contributed by atoms with Crippen molar-refractivity contribution in [2.45, 2.75) is 0 Å². The quantitative estimate of drug-likeness (QED) is 0.421. The minimum atomic E-state index is -0.967. The van der Waals surface area contributed by atoms with E-state index in [1.807, 2.05) is 12.1 Å². The van der Waals surface area contributed by atoms with E-state index < -0.39 is 28.0 Å². The topological polar surface area (TPSA) is 122 Å². The molecule has 0 aliphatic carbocycles. The smallest absolute Gasteiger partial charge is 0.295 e. The Bertz CT molecular complexity index is 978. The lowest BCUT2D eigenvalue weighted by atomic mass is 10.1. The summed E-state index contributed by atoms with van der Waals surface area (Å²) in [6.45, 7) is 1.83. The van der Waals surface area contributed by atoms with Crippen LogP contribution in [-0.4, -0.2) is 54.4 Å². The highest BCUT2D eigenvalue weighted by atomic mass is 35.5. The van der Waals surface area contributed by atoms with Crippen molar-refractivity contribution in [1.29, 1.82) is 0 Å². The third-order valence-electron chi connectivity index (χ3n) is 4.79. The van der Waals surface area contributed by atoms with Crippen molar-refractivity contribution in [3.8, 4) is 0 Å². The Labute approximate surface area is 176 Å². The molecular weight excluding hydrogens is 417 g/mol. The molecule has 11 heteroatoms. The third-order valence-corrected chi connectivity index (χ3v) is 5.04. The summed E-state index contributed by atoms with van der Waals surface area (Å²) in [4.78, 5) is 38.5. The number of piperazine rings is 1. The van der Waals surface area contributed by atoms with Crippen molar-refractivity contribution in [2.75, 3.05) is 43.4 Å². The Morgan fingerprint density at radius 1 is 1.17 bits per heavy atom. The van der Waals surface area contributed by atoms with Gasteiger partial charge in [-0.2, -0.15) is 0 Å². The summed E-state index contributed by atoms with van der Waals surface area (Å²) < 4.78 is 13.6. The maximum atomic E-state index is 13.6. The van der Waals surface area contributed by atoms with E-state index in [2.05, 4.69) is 10.2 Å². The molecule has 9 nitrogen and oxygen atoms in total. The predicted octanol–water partition coefficient (Wildman–Crippen LogP) is 2.05. The number of hydrogen-bond acceptors (Lipinski definition) is 6. The fraction of sp³-hybridized carbons (Fsp3) is 0.263. The minimum absolute atomic E-state index is 0.316. The highest BCUT2D eigenvalue weighted by Gasteiger charge is 2.24. The lowest BCUT2D eigenvalue weighted by Gasteiger charge is -2.36. The van der Waals surface area contributed by atoms with Gasteiger partial charge in [0, 0.05) is 36.9 Å². The van der Waals surface area contributed by atoms with Crippen LogP contribution in [-0.2, 0) is 4.79 Å². The van der Waals surface area contributed by atoms with Gasteiger partial charge in [0.05, 0.1) is 23.1 Å². The summed E-state index contributed by atoms with van der Waals surface area (Å²) >= 11 is 5.89. The first-order chi connectivity index (χ1) is 14.3. The lowest BCUT2D eigenvalue weighted by molar-refractivity contribution is -0.384. The SMILES string of the molecule is Nc1c(C(=O)NCC(=O)N2CCN(c3ccc(Cl)cc3)CC2)cc(F)cc1[N+](=O)[O-]. The van der Waals surface area contributed by atoms with Crippen LogP contribution in [0.1, 0.15) is 10.4 Å². The van der Waals surface area contributed by atoms with E-state index in [0.717, 1.165) is 11.8 Å². The van der Waals surface area contributed by atoms with Crippen LogP contribution in [0.5, 0.6) is 0 Å². The number of nitrogen functional groups attached to an aromatic ring is 1. The second-order valence-corrected chi connectivity index (χ2v) is 7.11. The van der Waals surface area contributed by atoms with Crippen molar-refractivity contribution in [3.05, 3.63) is 62.9 Å². The first-order valence-electron chi connectivity index (χ1n) is 9.06. The molecule has 30 heavy (non-hydrogen) atoms. The normalized spacial score (nSPS) is 13.8. The average molecular weight is 436 g/mol. The van der Waals surface area contributed by atoms with E-state index in [0.29, 0.717) is 37.3 Å². The maximum Gasteiger partial charge on any atom is 0.295 e. The molecule has 2 amide bonds. The molecule has 1 fully saturated rings. The highest BCUT2D eigenvalue weighted by molar-refractivity contribution is 6.30. The molecule has 3 N–H and O–H groups in total. The molecule has 0 saturated carbocycles. The van der Waals surface area contributed by atoms with E-state index in [4.69, 9.17) is 17.3 Å². The van der Waals surface area contributed by atoms with Gasteiger partial charge in [-0.1, -0.05) is 11.6 Å². The van der Waals surface area contributed by atoms with Crippen LogP contribution in [0.4, 0.5) is 21.5 Å². The van der Waals surface area contributed by atoms with Crippen molar-refractivity contribution < 1.29 is 18.9 Å². The summed E-state index contributed by atoms with van der Waals surface area (Å²) in [5.74, 6) is -2.14. The molecule has 3 rings (SSSR count). The van der Waals surface area contributed by atoms with Crippen LogP contribution < -0.4 is 16.0 Å². The number of amides is 2. The molecular formula is C19H19ClFN5O4. The number of nitrogens with zero attached hydrogens (tertiary/aromatic N) is 3. The second kappa shape index (κ2) is 8.95. The zero-order valence-electron chi connectivity index (χ0n) is 15.8. The molecule has 1 aliphatic heterocycles. The number of hydrogen-bond donors (Lipinski definition) is 2. The van der Waals surface area contributed by atoms with E-state index in [9.17, 15) is 24.1 Å². The van der Waals surface area contributed by atoms with Crippen molar-refractivity contribution >= 4 is 40.5 Å². The molecule has 1 aliphatic rings. The zero-order valence-corrected chi connectivity index (χ0v) is 16.6. The molecule has 0 bridgehead atoms. The molecule has 0 atom stereocenters. The van der Waals surface area contributed by atoms with E-state index in [-0.39, 0.29) is 18.0 Å². The van der Waals surface area contributed by atoms with E-state index in [1.165, 1.54) is 0 Å². The van der Waals surface area contributed by atoms with Crippen molar-refractivity contribution in [1.82, 2.24) is 10.2 Å². The number of nitrogens with two attached hydrogens (primary N) is 1. The first kappa shape index (κ1) is 21.3. The van der Waals surface area contributed by atoms with Crippen LogP contribution >= 0.6 is 11.6 Å². The van der Waals surface area contributed by atoms with Gasteiger partial charge in [-0.25, -0.2) is 4.39 Å². The lowest BCUT2D eigenvalue weighted by Crippen LogP contribution is -2.51. The minimum Gasteiger partial charge on any atom is -0.393 e.